The molecule has 2 aromatic rings. The molecule has 33 heavy (non-hydrogen) atoms. The Bertz CT molecular complexity index is 1130. The van der Waals surface area contributed by atoms with E-state index < -0.39 is 29.4 Å². The molecule has 1 aliphatic heterocycles. The molecule has 1 heterocycles. The second-order valence-electron chi connectivity index (χ2n) is 8.32. The molecule has 0 atom stereocenters. The van der Waals surface area contributed by atoms with Gasteiger partial charge in [-0.25, -0.2) is 9.59 Å². The lowest BCUT2D eigenvalue weighted by Gasteiger charge is -2.24. The molecular formula is C25H24F3NO4. The topological polar surface area (TPSA) is 64.6 Å². The average molecular weight is 459 g/mol. The molecule has 0 saturated heterocycles. The number of ether oxygens (including phenoxy) is 2. The lowest BCUT2D eigenvalue weighted by Crippen LogP contribution is -2.33. The first kappa shape index (κ1) is 22.9. The Morgan fingerprint density at radius 2 is 1.82 bits per heavy atom. The summed E-state index contributed by atoms with van der Waals surface area (Å²) in [7, 11) is 0. The minimum absolute atomic E-state index is 0.148. The summed E-state index contributed by atoms with van der Waals surface area (Å²) in [6.07, 6.45) is -2.41. The third kappa shape index (κ3) is 4.34. The van der Waals surface area contributed by atoms with Crippen molar-refractivity contribution in [1.29, 1.82) is 0 Å². The van der Waals surface area contributed by atoms with Gasteiger partial charge >= 0.3 is 18.2 Å². The highest BCUT2D eigenvalue weighted by molar-refractivity contribution is 6.20. The summed E-state index contributed by atoms with van der Waals surface area (Å²) in [6.45, 7) is 3.89. The zero-order chi connectivity index (χ0) is 23.8. The number of halogens is 3. The summed E-state index contributed by atoms with van der Waals surface area (Å²) in [5.41, 5.74) is 0.450. The van der Waals surface area contributed by atoms with Crippen molar-refractivity contribution in [3.63, 3.8) is 0 Å². The Balaban J connectivity index is 1.84. The molecule has 1 spiro atoms. The van der Waals surface area contributed by atoms with E-state index in [-0.39, 0.29) is 11.3 Å². The van der Waals surface area contributed by atoms with Crippen LogP contribution in [0.3, 0.4) is 0 Å². The minimum atomic E-state index is -4.47. The number of alkyl halides is 3. The Labute approximate surface area is 189 Å². The Hall–Kier alpha value is -3.29. The van der Waals surface area contributed by atoms with Gasteiger partial charge in [0.15, 0.2) is 11.4 Å². The molecule has 2 aliphatic rings. The number of carbonyl (C=O) groups excluding carboxylic acids is 2. The number of aryl methyl sites for hydroxylation is 1. The van der Waals surface area contributed by atoms with Crippen LogP contribution in [0.1, 0.15) is 49.3 Å². The van der Waals surface area contributed by atoms with E-state index >= 15 is 0 Å². The van der Waals surface area contributed by atoms with Gasteiger partial charge in [0, 0.05) is 6.54 Å². The summed E-state index contributed by atoms with van der Waals surface area (Å²) >= 11 is 0. The van der Waals surface area contributed by atoms with E-state index in [1.807, 2.05) is 0 Å². The Kier molecular flexibility index (Phi) is 5.95. The van der Waals surface area contributed by atoms with Crippen LogP contribution in [-0.2, 0) is 20.4 Å². The van der Waals surface area contributed by atoms with Crippen LogP contribution in [0, 0.1) is 6.92 Å². The van der Waals surface area contributed by atoms with Crippen LogP contribution in [0.15, 0.2) is 48.2 Å². The lowest BCUT2D eigenvalue weighted by molar-refractivity contribution is -0.146. The van der Waals surface area contributed by atoms with Crippen molar-refractivity contribution in [2.75, 3.05) is 6.54 Å². The van der Waals surface area contributed by atoms with Gasteiger partial charge in [0.2, 0.25) is 0 Å². The van der Waals surface area contributed by atoms with E-state index in [4.69, 9.17) is 9.47 Å². The molecule has 2 aromatic carbocycles. The lowest BCUT2D eigenvalue weighted by atomic mass is 9.91. The van der Waals surface area contributed by atoms with Gasteiger partial charge in [0.1, 0.15) is 5.57 Å². The van der Waals surface area contributed by atoms with E-state index in [0.717, 1.165) is 25.0 Å². The summed E-state index contributed by atoms with van der Waals surface area (Å²) in [6, 6.07) is 10.1. The second kappa shape index (κ2) is 8.57. The molecule has 1 amide bonds. The number of benzene rings is 2. The summed E-state index contributed by atoms with van der Waals surface area (Å²) in [5, 5.41) is 2.57. The molecule has 1 saturated carbocycles. The van der Waals surface area contributed by atoms with Crippen LogP contribution in [0.25, 0.3) is 16.7 Å². The zero-order valence-electron chi connectivity index (χ0n) is 18.3. The summed E-state index contributed by atoms with van der Waals surface area (Å²) < 4.78 is 51.0. The van der Waals surface area contributed by atoms with Gasteiger partial charge < -0.3 is 14.8 Å². The molecule has 1 aliphatic carbocycles. The molecule has 8 heteroatoms. The van der Waals surface area contributed by atoms with Crippen molar-refractivity contribution in [2.45, 2.75) is 51.3 Å². The highest BCUT2D eigenvalue weighted by atomic mass is 19.4. The van der Waals surface area contributed by atoms with Gasteiger partial charge in [-0.15, -0.1) is 0 Å². The largest absolute Gasteiger partial charge is 0.447 e. The van der Waals surface area contributed by atoms with E-state index in [2.05, 4.69) is 5.32 Å². The summed E-state index contributed by atoms with van der Waals surface area (Å²) in [4.78, 5) is 25.3. The van der Waals surface area contributed by atoms with Crippen LogP contribution in [0.2, 0.25) is 0 Å². The fourth-order valence-electron chi connectivity index (χ4n) is 4.47. The maximum absolute atomic E-state index is 13.2. The van der Waals surface area contributed by atoms with Crippen molar-refractivity contribution in [2.24, 2.45) is 0 Å². The monoisotopic (exact) mass is 459 g/mol. The zero-order valence-corrected chi connectivity index (χ0v) is 18.3. The fraction of sp³-hybridized carbons (Fsp3) is 0.360. The Morgan fingerprint density at radius 1 is 1.12 bits per heavy atom. The molecule has 0 bridgehead atoms. The normalized spacial score (nSPS) is 17.4. The highest BCUT2D eigenvalue weighted by Crippen LogP contribution is 2.49. The predicted octanol–water partition coefficient (Wildman–Crippen LogP) is 6.01. The molecule has 1 fully saturated rings. The van der Waals surface area contributed by atoms with Crippen molar-refractivity contribution in [3.05, 3.63) is 64.9 Å². The molecular weight excluding hydrogens is 435 g/mol. The van der Waals surface area contributed by atoms with Gasteiger partial charge in [-0.2, -0.15) is 13.2 Å². The molecule has 1 N–H and O–H groups in total. The van der Waals surface area contributed by atoms with Gasteiger partial charge in [-0.3, -0.25) is 0 Å². The van der Waals surface area contributed by atoms with Gasteiger partial charge in [-0.05, 0) is 80.0 Å². The van der Waals surface area contributed by atoms with Gasteiger partial charge in [0.25, 0.3) is 0 Å². The van der Waals surface area contributed by atoms with Crippen LogP contribution in [-0.4, -0.2) is 24.2 Å². The molecule has 174 valence electrons. The molecule has 5 nitrogen and oxygen atoms in total. The third-order valence-corrected chi connectivity index (χ3v) is 6.09. The summed E-state index contributed by atoms with van der Waals surface area (Å²) in [5.74, 6) is -0.416. The Morgan fingerprint density at radius 3 is 2.48 bits per heavy atom. The molecule has 0 aromatic heterocycles. The van der Waals surface area contributed by atoms with Crippen LogP contribution in [0.4, 0.5) is 18.0 Å². The predicted molar refractivity (Wildman–Crippen MR) is 116 cm³/mol. The van der Waals surface area contributed by atoms with Crippen LogP contribution < -0.4 is 5.32 Å². The molecule has 4 rings (SSSR count). The number of rotatable bonds is 4. The first-order valence-electron chi connectivity index (χ1n) is 10.9. The van der Waals surface area contributed by atoms with Crippen molar-refractivity contribution in [1.82, 2.24) is 5.32 Å². The maximum Gasteiger partial charge on any atom is 0.416 e. The SMILES string of the molecule is CCNC(=O)OC1=C(c2cc(-c3cccc(C(F)(F)F)c3)ccc2C)C(=O)OC12CCCC2. The first-order chi connectivity index (χ1) is 15.6. The van der Waals surface area contributed by atoms with Crippen molar-refractivity contribution in [3.8, 4) is 11.1 Å². The first-order valence-corrected chi connectivity index (χ1v) is 10.9. The van der Waals surface area contributed by atoms with Crippen molar-refractivity contribution < 1.29 is 32.2 Å². The van der Waals surface area contributed by atoms with Gasteiger partial charge in [-0.1, -0.05) is 24.3 Å². The number of carbonyl (C=O) groups is 2. The second-order valence-corrected chi connectivity index (χ2v) is 8.32. The van der Waals surface area contributed by atoms with Gasteiger partial charge in [0.05, 0.1) is 5.56 Å². The minimum Gasteiger partial charge on any atom is -0.447 e. The molecule has 0 unspecified atom stereocenters. The average Bonchev–Trinajstić information content (AvgIpc) is 3.33. The highest BCUT2D eigenvalue weighted by Gasteiger charge is 2.52. The maximum atomic E-state index is 13.2. The number of amides is 1. The standard InChI is InChI=1S/C25H24F3NO4/c1-3-29-23(31)32-21-20(22(30)33-24(21)11-4-5-12-24)19-14-17(10-9-15(19)2)16-7-6-8-18(13-16)25(26,27)28/h6-10,13-14H,3-5,11-12H2,1-2H3,(H,29,31). The quantitative estimate of drug-likeness (QED) is 0.569. The van der Waals surface area contributed by atoms with E-state index in [9.17, 15) is 22.8 Å². The van der Waals surface area contributed by atoms with Crippen LogP contribution >= 0.6 is 0 Å². The fourth-order valence-corrected chi connectivity index (χ4v) is 4.47. The number of alkyl carbamates (subject to hydrolysis) is 1. The third-order valence-electron chi connectivity index (χ3n) is 6.09. The van der Waals surface area contributed by atoms with E-state index in [0.29, 0.717) is 41.6 Å². The van der Waals surface area contributed by atoms with E-state index in [1.54, 1.807) is 38.1 Å². The number of nitrogens with one attached hydrogen (secondary N) is 1. The number of hydrogen-bond donors (Lipinski definition) is 1. The molecule has 0 radical (unpaired) electrons. The van der Waals surface area contributed by atoms with E-state index in [1.165, 1.54) is 6.07 Å². The van der Waals surface area contributed by atoms with Crippen LogP contribution in [0.5, 0.6) is 0 Å². The number of hydrogen-bond acceptors (Lipinski definition) is 4. The number of esters is 1. The smallest absolute Gasteiger partial charge is 0.416 e. The van der Waals surface area contributed by atoms with Crippen molar-refractivity contribution >= 4 is 17.6 Å².